The Morgan fingerprint density at radius 3 is 2.64 bits per heavy atom. The molecule has 0 saturated heterocycles. The highest BCUT2D eigenvalue weighted by Crippen LogP contribution is 2.30. The highest BCUT2D eigenvalue weighted by molar-refractivity contribution is 5.54. The zero-order chi connectivity index (χ0) is 10.1. The van der Waals surface area contributed by atoms with Gasteiger partial charge in [-0.2, -0.15) is 0 Å². The fourth-order valence-electron chi connectivity index (χ4n) is 1.60. The third kappa shape index (κ3) is 2.06. The van der Waals surface area contributed by atoms with Gasteiger partial charge in [0.2, 0.25) is 0 Å². The van der Waals surface area contributed by atoms with E-state index in [4.69, 9.17) is 0 Å². The van der Waals surface area contributed by atoms with Crippen LogP contribution in [0.15, 0.2) is 18.2 Å². The zero-order valence-corrected chi connectivity index (χ0v) is 8.68. The van der Waals surface area contributed by atoms with Crippen molar-refractivity contribution in [2.75, 3.05) is 5.32 Å². The summed E-state index contributed by atoms with van der Waals surface area (Å²) in [5.74, 6) is 0.286. The fourth-order valence-corrected chi connectivity index (χ4v) is 1.60. The van der Waals surface area contributed by atoms with Crippen molar-refractivity contribution in [3.63, 3.8) is 0 Å². The molecule has 0 bridgehead atoms. The summed E-state index contributed by atoms with van der Waals surface area (Å²) in [5.41, 5.74) is 2.18. The molecule has 0 spiro atoms. The molecule has 0 atom stereocenters. The van der Waals surface area contributed by atoms with Gasteiger partial charge in [0.05, 0.1) is 0 Å². The van der Waals surface area contributed by atoms with Crippen LogP contribution in [-0.2, 0) is 0 Å². The molecule has 0 aromatic heterocycles. The van der Waals surface area contributed by atoms with Crippen LogP contribution in [0, 0.1) is 5.82 Å². The second-order valence-corrected chi connectivity index (χ2v) is 4.30. The Balaban J connectivity index is 2.27. The SMILES string of the molecule is CC(C)c1ccc(F)cc1NC1CC1. The number of halogens is 1. The van der Waals surface area contributed by atoms with Crippen molar-refractivity contribution in [3.05, 3.63) is 29.6 Å². The van der Waals surface area contributed by atoms with Crippen LogP contribution in [-0.4, -0.2) is 6.04 Å². The van der Waals surface area contributed by atoms with Crippen molar-refractivity contribution in [2.45, 2.75) is 38.6 Å². The van der Waals surface area contributed by atoms with Gasteiger partial charge in [-0.3, -0.25) is 0 Å². The zero-order valence-electron chi connectivity index (χ0n) is 8.68. The maximum absolute atomic E-state index is 13.0. The lowest BCUT2D eigenvalue weighted by molar-refractivity contribution is 0.626. The number of hydrogen-bond donors (Lipinski definition) is 1. The summed E-state index contributed by atoms with van der Waals surface area (Å²) in [6.07, 6.45) is 2.43. The van der Waals surface area contributed by atoms with Crippen LogP contribution < -0.4 is 5.32 Å². The quantitative estimate of drug-likeness (QED) is 0.774. The Morgan fingerprint density at radius 1 is 1.36 bits per heavy atom. The molecule has 1 aliphatic rings. The molecule has 2 heteroatoms. The standard InChI is InChI=1S/C12H16FN/c1-8(2)11-6-3-9(13)7-12(11)14-10-4-5-10/h3,6-8,10,14H,4-5H2,1-2H3. The first-order valence-corrected chi connectivity index (χ1v) is 5.23. The molecule has 1 nitrogen and oxygen atoms in total. The van der Waals surface area contributed by atoms with E-state index >= 15 is 0 Å². The van der Waals surface area contributed by atoms with Gasteiger partial charge in [-0.05, 0) is 36.5 Å². The van der Waals surface area contributed by atoms with Gasteiger partial charge in [-0.25, -0.2) is 4.39 Å². The maximum atomic E-state index is 13.0. The monoisotopic (exact) mass is 193 g/mol. The summed E-state index contributed by atoms with van der Waals surface area (Å²) >= 11 is 0. The Hall–Kier alpha value is -1.05. The van der Waals surface area contributed by atoms with Crippen LogP contribution in [0.2, 0.25) is 0 Å². The van der Waals surface area contributed by atoms with Crippen LogP contribution >= 0.6 is 0 Å². The van der Waals surface area contributed by atoms with Crippen molar-refractivity contribution in [1.82, 2.24) is 0 Å². The number of nitrogens with one attached hydrogen (secondary N) is 1. The van der Waals surface area contributed by atoms with Gasteiger partial charge >= 0.3 is 0 Å². The van der Waals surface area contributed by atoms with E-state index in [1.165, 1.54) is 24.5 Å². The Kier molecular flexibility index (Phi) is 2.44. The lowest BCUT2D eigenvalue weighted by Crippen LogP contribution is -2.05. The maximum Gasteiger partial charge on any atom is 0.125 e. The van der Waals surface area contributed by atoms with Gasteiger partial charge in [0.15, 0.2) is 0 Å². The molecule has 1 N–H and O–H groups in total. The third-order valence-electron chi connectivity index (χ3n) is 2.57. The summed E-state index contributed by atoms with van der Waals surface area (Å²) in [7, 11) is 0. The molecule has 0 amide bonds. The summed E-state index contributed by atoms with van der Waals surface area (Å²) < 4.78 is 13.0. The van der Waals surface area contributed by atoms with E-state index in [1.807, 2.05) is 6.07 Å². The highest BCUT2D eigenvalue weighted by atomic mass is 19.1. The van der Waals surface area contributed by atoms with E-state index in [-0.39, 0.29) is 5.82 Å². The van der Waals surface area contributed by atoms with Crippen molar-refractivity contribution >= 4 is 5.69 Å². The molecule has 76 valence electrons. The Morgan fingerprint density at radius 2 is 2.07 bits per heavy atom. The predicted molar refractivity (Wildman–Crippen MR) is 57.1 cm³/mol. The number of hydrogen-bond acceptors (Lipinski definition) is 1. The van der Waals surface area contributed by atoms with Gasteiger partial charge in [0.1, 0.15) is 5.82 Å². The van der Waals surface area contributed by atoms with E-state index in [1.54, 1.807) is 6.07 Å². The average Bonchev–Trinajstić information content (AvgIpc) is 2.87. The van der Waals surface area contributed by atoms with Crippen molar-refractivity contribution in [1.29, 1.82) is 0 Å². The molecule has 0 heterocycles. The van der Waals surface area contributed by atoms with Gasteiger partial charge < -0.3 is 5.32 Å². The largest absolute Gasteiger partial charge is 0.382 e. The lowest BCUT2D eigenvalue weighted by atomic mass is 10.0. The van der Waals surface area contributed by atoms with Crippen molar-refractivity contribution in [2.24, 2.45) is 0 Å². The summed E-state index contributed by atoms with van der Waals surface area (Å²) in [5, 5.41) is 3.37. The number of benzene rings is 1. The smallest absolute Gasteiger partial charge is 0.125 e. The van der Waals surface area contributed by atoms with Crippen molar-refractivity contribution < 1.29 is 4.39 Å². The molecule has 1 aromatic carbocycles. The number of anilines is 1. The van der Waals surface area contributed by atoms with E-state index in [9.17, 15) is 4.39 Å². The number of rotatable bonds is 3. The summed E-state index contributed by atoms with van der Waals surface area (Å²) in [4.78, 5) is 0. The van der Waals surface area contributed by atoms with Gasteiger partial charge in [0, 0.05) is 11.7 Å². The van der Waals surface area contributed by atoms with Crippen molar-refractivity contribution in [3.8, 4) is 0 Å². The minimum atomic E-state index is -0.155. The molecule has 0 unspecified atom stereocenters. The van der Waals surface area contributed by atoms with Crippen LogP contribution in [0.3, 0.4) is 0 Å². The first-order valence-electron chi connectivity index (χ1n) is 5.23. The minimum Gasteiger partial charge on any atom is -0.382 e. The minimum absolute atomic E-state index is 0.155. The molecule has 1 aromatic rings. The van der Waals surface area contributed by atoms with Crippen LogP contribution in [0.1, 0.15) is 38.2 Å². The van der Waals surface area contributed by atoms with Gasteiger partial charge in [-0.15, -0.1) is 0 Å². The summed E-state index contributed by atoms with van der Waals surface area (Å²) in [6.45, 7) is 4.26. The second-order valence-electron chi connectivity index (χ2n) is 4.30. The topological polar surface area (TPSA) is 12.0 Å². The molecule has 0 aliphatic heterocycles. The van der Waals surface area contributed by atoms with Crippen LogP contribution in [0.25, 0.3) is 0 Å². The van der Waals surface area contributed by atoms with E-state index in [2.05, 4.69) is 19.2 Å². The van der Waals surface area contributed by atoms with Crippen LogP contribution in [0.5, 0.6) is 0 Å². The fraction of sp³-hybridized carbons (Fsp3) is 0.500. The van der Waals surface area contributed by atoms with Gasteiger partial charge in [0.25, 0.3) is 0 Å². The highest BCUT2D eigenvalue weighted by Gasteiger charge is 2.22. The molecule has 1 fully saturated rings. The molecular weight excluding hydrogens is 177 g/mol. The third-order valence-corrected chi connectivity index (χ3v) is 2.57. The Labute approximate surface area is 84.3 Å². The predicted octanol–water partition coefficient (Wildman–Crippen LogP) is 3.52. The molecular formula is C12H16FN. The van der Waals surface area contributed by atoms with Crippen LogP contribution in [0.4, 0.5) is 10.1 Å². The molecule has 1 aliphatic carbocycles. The Bertz CT molecular complexity index is 329. The first-order chi connectivity index (χ1) is 6.66. The molecule has 2 rings (SSSR count). The average molecular weight is 193 g/mol. The first kappa shape index (κ1) is 9.50. The lowest BCUT2D eigenvalue weighted by Gasteiger charge is -2.14. The molecule has 1 saturated carbocycles. The van der Waals surface area contributed by atoms with Gasteiger partial charge in [-0.1, -0.05) is 19.9 Å². The summed E-state index contributed by atoms with van der Waals surface area (Å²) in [6, 6.07) is 5.60. The van der Waals surface area contributed by atoms with E-state index < -0.39 is 0 Å². The molecule has 0 radical (unpaired) electrons. The molecule has 14 heavy (non-hydrogen) atoms. The van der Waals surface area contributed by atoms with E-state index in [0.717, 1.165) is 5.69 Å². The normalized spacial score (nSPS) is 16.0. The van der Waals surface area contributed by atoms with E-state index in [0.29, 0.717) is 12.0 Å². The second kappa shape index (κ2) is 3.60.